The number of rotatable bonds is 8. The van der Waals surface area contributed by atoms with Crippen LogP contribution in [0.3, 0.4) is 0 Å². The van der Waals surface area contributed by atoms with Crippen LogP contribution in [0.25, 0.3) is 0 Å². The van der Waals surface area contributed by atoms with Gasteiger partial charge in [-0.3, -0.25) is 0 Å². The number of aliphatic imine (C=N–C) groups is 1. The van der Waals surface area contributed by atoms with Gasteiger partial charge in [-0.15, -0.1) is 5.10 Å². The fourth-order valence-electron chi connectivity index (χ4n) is 3.71. The van der Waals surface area contributed by atoms with Crippen molar-refractivity contribution in [2.45, 2.75) is 30.8 Å². The third kappa shape index (κ3) is 6.75. The molecule has 0 saturated heterocycles. The highest BCUT2D eigenvalue weighted by molar-refractivity contribution is 7.90. The van der Waals surface area contributed by atoms with E-state index < -0.39 is 25.8 Å². The maximum Gasteiger partial charge on any atom is 0.285 e. The predicted molar refractivity (Wildman–Crippen MR) is 145 cm³/mol. The lowest BCUT2D eigenvalue weighted by molar-refractivity contribution is 0.454. The van der Waals surface area contributed by atoms with E-state index in [0.717, 1.165) is 17.3 Å². The van der Waals surface area contributed by atoms with Crippen LogP contribution in [0.15, 0.2) is 75.9 Å². The number of sulfonamides is 2. The van der Waals surface area contributed by atoms with Crippen molar-refractivity contribution in [3.05, 3.63) is 76.9 Å². The summed E-state index contributed by atoms with van der Waals surface area (Å²) in [5.74, 6) is -0.893. The number of hydrogen-bond acceptors (Lipinski definition) is 8. The van der Waals surface area contributed by atoms with E-state index in [0.29, 0.717) is 10.7 Å². The van der Waals surface area contributed by atoms with Crippen LogP contribution in [-0.4, -0.2) is 67.4 Å². The van der Waals surface area contributed by atoms with Crippen molar-refractivity contribution in [2.75, 3.05) is 18.8 Å². The Morgan fingerprint density at radius 1 is 1.13 bits per heavy atom. The molecule has 0 unspecified atom stereocenters. The maximum atomic E-state index is 13.2. The number of nitrogens with two attached hydrogens (primary N) is 1. The van der Waals surface area contributed by atoms with Crippen LogP contribution in [-0.2, 0) is 20.0 Å². The van der Waals surface area contributed by atoms with Crippen LogP contribution >= 0.6 is 11.6 Å². The summed E-state index contributed by atoms with van der Waals surface area (Å²) >= 11 is 6.08. The Morgan fingerprint density at radius 2 is 1.82 bits per heavy atom. The molecule has 0 fully saturated rings. The minimum absolute atomic E-state index is 0.154. The largest absolute Gasteiger partial charge is 0.285 e. The molecule has 38 heavy (non-hydrogen) atoms. The molecule has 3 N–H and O–H groups in total. The number of halogens is 1. The molecule has 0 aliphatic carbocycles. The molecule has 0 saturated carbocycles. The normalized spacial score (nSPS) is 16.7. The number of guanidine groups is 1. The molecule has 0 amide bonds. The van der Waals surface area contributed by atoms with Crippen molar-refractivity contribution in [1.82, 2.24) is 24.7 Å². The molecular weight excluding hydrogens is 552 g/mol. The standard InChI is InChI=1S/C23H27ClN8O4S2/c1-16(2)32-27-14-21(28-32)38(35,36)30-23(26-12-13-37(25,33)34)31-15-20(17-6-4-3-5-7-17)22(29-31)18-8-10-19(24)11-9-18/h3-11,14,16,20H,12-13,15H2,1-2H3,(H,26,30)(H2,25,33,34)/t20-/m1/s1. The SMILES string of the molecule is CC(C)n1ncc(S(=O)(=O)NC(=NCCS(N)(=O)=O)N2C[C@H](c3ccccc3)C(c3ccc(Cl)cc3)=N2)n1. The topological polar surface area (TPSA) is 165 Å². The number of aromatic nitrogens is 3. The molecule has 1 aromatic heterocycles. The van der Waals surface area contributed by atoms with Gasteiger partial charge in [0, 0.05) is 10.9 Å². The quantitative estimate of drug-likeness (QED) is 0.304. The maximum absolute atomic E-state index is 13.2. The molecule has 12 nitrogen and oxygen atoms in total. The average molecular weight is 579 g/mol. The summed E-state index contributed by atoms with van der Waals surface area (Å²) in [6, 6.07) is 16.6. The molecule has 15 heteroatoms. The molecule has 1 aliphatic heterocycles. The number of nitrogens with zero attached hydrogens (tertiary/aromatic N) is 6. The van der Waals surface area contributed by atoms with E-state index in [1.807, 2.05) is 56.3 Å². The molecule has 0 spiro atoms. The fraction of sp³-hybridized carbons (Fsp3) is 0.304. The third-order valence-electron chi connectivity index (χ3n) is 5.59. The van der Waals surface area contributed by atoms with E-state index in [9.17, 15) is 16.8 Å². The second-order valence-corrected chi connectivity index (χ2v) is 12.6. The van der Waals surface area contributed by atoms with Crippen molar-refractivity contribution in [3.8, 4) is 0 Å². The van der Waals surface area contributed by atoms with Gasteiger partial charge in [-0.1, -0.05) is 54.1 Å². The summed E-state index contributed by atoms with van der Waals surface area (Å²) in [5.41, 5.74) is 2.41. The van der Waals surface area contributed by atoms with Gasteiger partial charge in [0.15, 0.2) is 0 Å². The summed E-state index contributed by atoms with van der Waals surface area (Å²) in [6.07, 6.45) is 1.13. The summed E-state index contributed by atoms with van der Waals surface area (Å²) in [4.78, 5) is 5.49. The van der Waals surface area contributed by atoms with Gasteiger partial charge in [-0.2, -0.15) is 23.4 Å². The Hall–Kier alpha value is -3.33. The summed E-state index contributed by atoms with van der Waals surface area (Å²) < 4.78 is 51.8. The number of hydrazone groups is 1. The van der Waals surface area contributed by atoms with E-state index in [1.54, 1.807) is 12.1 Å². The van der Waals surface area contributed by atoms with Crippen molar-refractivity contribution < 1.29 is 16.8 Å². The van der Waals surface area contributed by atoms with Gasteiger partial charge in [-0.25, -0.2) is 28.3 Å². The first-order valence-electron chi connectivity index (χ1n) is 11.6. The molecular formula is C23H27ClN8O4S2. The number of primary sulfonamides is 1. The lowest BCUT2D eigenvalue weighted by atomic mass is 9.91. The van der Waals surface area contributed by atoms with Gasteiger partial charge in [0.25, 0.3) is 10.0 Å². The summed E-state index contributed by atoms with van der Waals surface area (Å²) in [6.45, 7) is 3.57. The third-order valence-corrected chi connectivity index (χ3v) is 7.78. The summed E-state index contributed by atoms with van der Waals surface area (Å²) in [7, 11) is -8.06. The molecule has 202 valence electrons. The van der Waals surface area contributed by atoms with Gasteiger partial charge >= 0.3 is 0 Å². The first-order chi connectivity index (χ1) is 17.9. The van der Waals surface area contributed by atoms with E-state index in [4.69, 9.17) is 21.8 Å². The minimum atomic E-state index is -4.23. The van der Waals surface area contributed by atoms with Gasteiger partial charge in [0.2, 0.25) is 21.0 Å². The Balaban J connectivity index is 1.73. The van der Waals surface area contributed by atoms with Crippen LogP contribution in [0.2, 0.25) is 5.02 Å². The fourth-order valence-corrected chi connectivity index (χ4v) is 5.08. The monoisotopic (exact) mass is 578 g/mol. The zero-order valence-electron chi connectivity index (χ0n) is 20.6. The van der Waals surface area contributed by atoms with E-state index in [1.165, 1.54) is 9.81 Å². The highest BCUT2D eigenvalue weighted by Crippen LogP contribution is 2.29. The van der Waals surface area contributed by atoms with E-state index in [-0.39, 0.29) is 36.0 Å². The lowest BCUT2D eigenvalue weighted by Gasteiger charge is -2.19. The first-order valence-corrected chi connectivity index (χ1v) is 15.2. The second kappa shape index (κ2) is 11.2. The summed E-state index contributed by atoms with van der Waals surface area (Å²) in [5, 5.41) is 19.5. The molecule has 4 rings (SSSR count). The smallest absolute Gasteiger partial charge is 0.250 e. The van der Waals surface area contributed by atoms with Crippen molar-refractivity contribution in [2.24, 2.45) is 15.2 Å². The molecule has 0 radical (unpaired) electrons. The minimum Gasteiger partial charge on any atom is -0.250 e. The predicted octanol–water partition coefficient (Wildman–Crippen LogP) is 1.94. The lowest BCUT2D eigenvalue weighted by Crippen LogP contribution is -2.42. The number of hydrogen-bond donors (Lipinski definition) is 2. The Morgan fingerprint density at radius 3 is 2.42 bits per heavy atom. The van der Waals surface area contributed by atoms with Gasteiger partial charge in [0.05, 0.1) is 36.8 Å². The van der Waals surface area contributed by atoms with Crippen LogP contribution < -0.4 is 9.86 Å². The molecule has 1 atom stereocenters. The van der Waals surface area contributed by atoms with Crippen LogP contribution in [0, 0.1) is 0 Å². The van der Waals surface area contributed by atoms with Crippen LogP contribution in [0.4, 0.5) is 0 Å². The molecule has 2 aromatic carbocycles. The van der Waals surface area contributed by atoms with E-state index in [2.05, 4.69) is 19.9 Å². The zero-order valence-corrected chi connectivity index (χ0v) is 23.0. The highest BCUT2D eigenvalue weighted by Gasteiger charge is 2.33. The van der Waals surface area contributed by atoms with E-state index >= 15 is 0 Å². The number of nitrogens with one attached hydrogen (secondary N) is 1. The van der Waals surface area contributed by atoms with Crippen molar-refractivity contribution >= 4 is 43.3 Å². The Bertz CT molecular complexity index is 1550. The molecule has 3 aromatic rings. The molecule has 1 aliphatic rings. The second-order valence-electron chi connectivity index (χ2n) is 8.81. The van der Waals surface area contributed by atoms with Crippen LogP contribution in [0.1, 0.15) is 36.9 Å². The zero-order chi connectivity index (χ0) is 27.5. The average Bonchev–Trinajstić information content (AvgIpc) is 3.53. The number of benzene rings is 2. The van der Waals surface area contributed by atoms with Crippen LogP contribution in [0.5, 0.6) is 0 Å². The van der Waals surface area contributed by atoms with Crippen molar-refractivity contribution in [1.29, 1.82) is 0 Å². The molecule has 2 heterocycles. The Labute approximate surface area is 226 Å². The van der Waals surface area contributed by atoms with Gasteiger partial charge in [0.1, 0.15) is 0 Å². The highest BCUT2D eigenvalue weighted by atomic mass is 35.5. The Kier molecular flexibility index (Phi) is 8.16. The van der Waals surface area contributed by atoms with Gasteiger partial charge in [-0.05, 0) is 37.1 Å². The molecule has 0 bridgehead atoms. The van der Waals surface area contributed by atoms with Crippen molar-refractivity contribution in [3.63, 3.8) is 0 Å². The first kappa shape index (κ1) is 27.7. The van der Waals surface area contributed by atoms with Gasteiger partial charge < -0.3 is 0 Å².